The fourth-order valence-corrected chi connectivity index (χ4v) is 11.1. The van der Waals surface area contributed by atoms with Crippen LogP contribution in [0.2, 0.25) is 0 Å². The first-order valence-electron chi connectivity index (χ1n) is 15.3. The van der Waals surface area contributed by atoms with Crippen LogP contribution in [0.1, 0.15) is 119 Å². The highest BCUT2D eigenvalue weighted by Gasteiger charge is 2.68. The highest BCUT2D eigenvalue weighted by Crippen LogP contribution is 2.75. The maximum Gasteiger partial charge on any atom is 0.309 e. The lowest BCUT2D eigenvalue weighted by Crippen LogP contribution is -2.64. The second-order valence-corrected chi connectivity index (χ2v) is 15.9. The van der Waals surface area contributed by atoms with Gasteiger partial charge in [0.05, 0.1) is 24.5 Å². The summed E-state index contributed by atoms with van der Waals surface area (Å²) < 4.78 is 6.24. The third kappa shape index (κ3) is 3.79. The lowest BCUT2D eigenvalue weighted by Gasteiger charge is -2.71. The molecule has 4 saturated carbocycles. The molecule has 214 valence electrons. The molecule has 38 heavy (non-hydrogen) atoms. The molecule has 0 aliphatic heterocycles. The van der Waals surface area contributed by atoms with Gasteiger partial charge in [-0.2, -0.15) is 0 Å². The first-order chi connectivity index (χ1) is 17.5. The van der Waals surface area contributed by atoms with Crippen molar-refractivity contribution in [3.05, 3.63) is 11.6 Å². The zero-order valence-electron chi connectivity index (χ0n) is 25.0. The van der Waals surface area contributed by atoms with Crippen LogP contribution in [-0.4, -0.2) is 34.9 Å². The summed E-state index contributed by atoms with van der Waals surface area (Å²) in [6, 6.07) is 0. The molecule has 0 bridgehead atoms. The normalized spacial score (nSPS) is 49.5. The molecule has 0 aromatic rings. The quantitative estimate of drug-likeness (QED) is 0.357. The van der Waals surface area contributed by atoms with Crippen LogP contribution in [-0.2, 0) is 14.3 Å². The van der Waals surface area contributed by atoms with Gasteiger partial charge in [0.1, 0.15) is 0 Å². The molecule has 5 heteroatoms. The lowest BCUT2D eigenvalue weighted by molar-refractivity contribution is -0.211. The van der Waals surface area contributed by atoms with Crippen LogP contribution in [0.5, 0.6) is 0 Å². The van der Waals surface area contributed by atoms with Crippen molar-refractivity contribution >= 4 is 11.9 Å². The summed E-state index contributed by atoms with van der Waals surface area (Å²) in [6.07, 6.45) is 13.4. The number of rotatable bonds is 5. The number of hydrogen-bond acceptors (Lipinski definition) is 3. The molecule has 5 rings (SSSR count). The number of carbonyl (C=O) groups is 2. The summed E-state index contributed by atoms with van der Waals surface area (Å²) in [6.45, 7) is 17.2. The smallest absolute Gasteiger partial charge is 0.309 e. The van der Waals surface area contributed by atoms with Crippen LogP contribution in [0, 0.1) is 50.2 Å². The molecule has 0 saturated heterocycles. The number of fused-ring (bicyclic) bond motifs is 7. The van der Waals surface area contributed by atoms with Gasteiger partial charge in [-0.3, -0.25) is 9.59 Å². The average molecular weight is 529 g/mol. The van der Waals surface area contributed by atoms with E-state index in [1.165, 1.54) is 25.7 Å². The van der Waals surface area contributed by atoms with Gasteiger partial charge in [-0.15, -0.1) is 0 Å². The van der Waals surface area contributed by atoms with Crippen molar-refractivity contribution in [2.45, 2.75) is 125 Å². The van der Waals surface area contributed by atoms with Crippen molar-refractivity contribution in [1.29, 1.82) is 0 Å². The Morgan fingerprint density at radius 1 is 0.895 bits per heavy atom. The number of aliphatic carboxylic acids is 2. The summed E-state index contributed by atoms with van der Waals surface area (Å²) >= 11 is 0. The van der Waals surface area contributed by atoms with E-state index >= 15 is 0 Å². The summed E-state index contributed by atoms with van der Waals surface area (Å²) in [4.78, 5) is 23.4. The largest absolute Gasteiger partial charge is 0.481 e. The summed E-state index contributed by atoms with van der Waals surface area (Å²) in [5.74, 6) is 0.105. The van der Waals surface area contributed by atoms with Crippen molar-refractivity contribution in [3.8, 4) is 0 Å². The van der Waals surface area contributed by atoms with Crippen LogP contribution < -0.4 is 0 Å². The molecule has 5 aliphatic carbocycles. The first-order valence-corrected chi connectivity index (χ1v) is 15.3. The maximum absolute atomic E-state index is 12.3. The van der Waals surface area contributed by atoms with Gasteiger partial charge in [0.15, 0.2) is 0 Å². The van der Waals surface area contributed by atoms with Gasteiger partial charge in [0, 0.05) is 0 Å². The summed E-state index contributed by atoms with van der Waals surface area (Å²) in [7, 11) is 0. The van der Waals surface area contributed by atoms with Gasteiger partial charge in [-0.1, -0.05) is 53.2 Å². The van der Waals surface area contributed by atoms with E-state index in [9.17, 15) is 14.7 Å². The molecule has 4 fully saturated rings. The van der Waals surface area contributed by atoms with Crippen LogP contribution in [0.4, 0.5) is 0 Å². The van der Waals surface area contributed by atoms with Crippen LogP contribution in [0.25, 0.3) is 0 Å². The van der Waals surface area contributed by atoms with Crippen LogP contribution in [0.3, 0.4) is 0 Å². The minimum atomic E-state index is -0.792. The third-order valence-corrected chi connectivity index (χ3v) is 13.9. The van der Waals surface area contributed by atoms with E-state index in [1.54, 1.807) is 5.57 Å². The summed E-state index contributed by atoms with van der Waals surface area (Å²) in [5.41, 5.74) is 1.75. The second kappa shape index (κ2) is 8.82. The van der Waals surface area contributed by atoms with Crippen molar-refractivity contribution < 1.29 is 24.5 Å². The molecule has 0 spiro atoms. The molecule has 5 nitrogen and oxygen atoms in total. The second-order valence-electron chi connectivity index (χ2n) is 15.9. The topological polar surface area (TPSA) is 83.8 Å². The van der Waals surface area contributed by atoms with Crippen molar-refractivity contribution in [2.24, 2.45) is 50.2 Å². The Morgan fingerprint density at radius 3 is 2.24 bits per heavy atom. The molecule has 0 aromatic carbocycles. The van der Waals surface area contributed by atoms with Crippen molar-refractivity contribution in [2.75, 3.05) is 6.61 Å². The molecule has 0 radical (unpaired) electrons. The predicted molar refractivity (Wildman–Crippen MR) is 149 cm³/mol. The Hall–Kier alpha value is -1.36. The molecule has 0 aromatic heterocycles. The van der Waals surface area contributed by atoms with Gasteiger partial charge >= 0.3 is 11.9 Å². The zero-order valence-corrected chi connectivity index (χ0v) is 25.0. The fraction of sp³-hybridized carbons (Fsp3) is 0.879. The number of ether oxygens (including phenoxy) is 1. The van der Waals surface area contributed by atoms with E-state index in [0.717, 1.165) is 38.5 Å². The fourth-order valence-electron chi connectivity index (χ4n) is 11.1. The van der Waals surface area contributed by atoms with E-state index in [4.69, 9.17) is 9.84 Å². The first kappa shape index (κ1) is 28.2. The van der Waals surface area contributed by atoms with E-state index in [2.05, 4.69) is 47.6 Å². The Morgan fingerprint density at radius 2 is 1.58 bits per heavy atom. The van der Waals surface area contributed by atoms with E-state index in [0.29, 0.717) is 24.4 Å². The van der Waals surface area contributed by atoms with Crippen molar-refractivity contribution in [3.63, 3.8) is 0 Å². The SMILES string of the molecule is CC1(C(=O)O)CC[C@]2(C)CC[C@]3(C)C(=CCC4[C@@]5(C)CC[C@H](OCCC(=O)O)C(C)(C)C5CC[C@]43C)[C@@H]2C1. The Balaban J connectivity index is 1.47. The lowest BCUT2D eigenvalue weighted by atomic mass is 9.33. The van der Waals surface area contributed by atoms with Crippen LogP contribution in [0.15, 0.2) is 11.6 Å². The molecule has 2 N–H and O–H groups in total. The molecule has 3 unspecified atom stereocenters. The van der Waals surface area contributed by atoms with Gasteiger partial charge in [0.25, 0.3) is 0 Å². The maximum atomic E-state index is 12.3. The van der Waals surface area contributed by atoms with Gasteiger partial charge < -0.3 is 14.9 Å². The predicted octanol–water partition coefficient (Wildman–Crippen LogP) is 7.73. The van der Waals surface area contributed by atoms with E-state index in [-0.39, 0.29) is 39.6 Å². The molecular weight excluding hydrogens is 476 g/mol. The number of allylic oxidation sites excluding steroid dienone is 2. The third-order valence-electron chi connectivity index (χ3n) is 13.9. The average Bonchev–Trinajstić information content (AvgIpc) is 2.82. The number of hydrogen-bond donors (Lipinski definition) is 2. The molecular formula is C33H52O5. The number of carboxylic acids is 2. The molecule has 0 amide bonds. The van der Waals surface area contributed by atoms with E-state index < -0.39 is 17.4 Å². The Labute approximate surface area is 230 Å². The molecule has 5 aliphatic rings. The summed E-state index contributed by atoms with van der Waals surface area (Å²) in [5, 5.41) is 19.2. The van der Waals surface area contributed by atoms with Gasteiger partial charge in [0.2, 0.25) is 0 Å². The minimum Gasteiger partial charge on any atom is -0.481 e. The zero-order chi connectivity index (χ0) is 27.9. The number of carboxylic acid groups (broad SMARTS) is 2. The van der Waals surface area contributed by atoms with Gasteiger partial charge in [-0.25, -0.2) is 0 Å². The van der Waals surface area contributed by atoms with Crippen molar-refractivity contribution in [1.82, 2.24) is 0 Å². The van der Waals surface area contributed by atoms with Crippen LogP contribution >= 0.6 is 0 Å². The van der Waals surface area contributed by atoms with E-state index in [1.807, 2.05) is 6.92 Å². The highest BCUT2D eigenvalue weighted by atomic mass is 16.5. The monoisotopic (exact) mass is 528 g/mol. The minimum absolute atomic E-state index is 0.00946. The molecule has 0 heterocycles. The Bertz CT molecular complexity index is 1030. The highest BCUT2D eigenvalue weighted by molar-refractivity contribution is 5.74. The Kier molecular flexibility index (Phi) is 6.54. The molecule has 9 atom stereocenters. The van der Waals surface area contributed by atoms with Gasteiger partial charge in [-0.05, 0) is 116 Å². The standard InChI is InChI=1S/C33H52O5/c1-28(2)23-10-14-33(7)24(31(23,5)13-11-25(28)38-19-12-26(34)35)9-8-21-22-20-30(4,27(36)37)16-15-29(22,3)17-18-32(21,33)6/h8,22-25H,9-20H2,1-7H3,(H,34,35)(H,36,37)/t22-,23?,24?,25-,29+,30?,31-,32+,33+/m0/s1.